The summed E-state index contributed by atoms with van der Waals surface area (Å²) >= 11 is 0. The van der Waals surface area contributed by atoms with Gasteiger partial charge >= 0.3 is 0 Å². The van der Waals surface area contributed by atoms with Gasteiger partial charge in [0.2, 0.25) is 0 Å². The van der Waals surface area contributed by atoms with E-state index in [1.807, 2.05) is 7.05 Å². The van der Waals surface area contributed by atoms with Gasteiger partial charge < -0.3 is 16.2 Å². The molecular formula is C14H24N2O3S. The number of nitrogens with two attached hydrogens (primary N) is 1. The Morgan fingerprint density at radius 1 is 1.25 bits per heavy atom. The van der Waals surface area contributed by atoms with Gasteiger partial charge in [0.15, 0.2) is 9.84 Å². The molecule has 2 atom stereocenters. The Balaban J connectivity index is 2.86. The fraction of sp³-hybridized carbons (Fsp3) is 0.571. The van der Waals surface area contributed by atoms with Crippen LogP contribution in [0.3, 0.4) is 0 Å². The molecule has 0 heterocycles. The van der Waals surface area contributed by atoms with E-state index in [9.17, 15) is 13.5 Å². The standard InChI is InChI=1S/C14H24N2O3S/c1-10(2)20(18,19)12-6-4-11(5-7-12)14(17)13(15)8-9-16-3/h4-7,10,13-14,16-17H,8-9,15H2,1-3H3. The van der Waals surface area contributed by atoms with Gasteiger partial charge in [0.25, 0.3) is 0 Å². The van der Waals surface area contributed by atoms with E-state index in [0.29, 0.717) is 12.0 Å². The molecule has 2 unspecified atom stereocenters. The second kappa shape index (κ2) is 7.17. The minimum absolute atomic E-state index is 0.271. The Hall–Kier alpha value is -0.950. The second-order valence-electron chi connectivity index (χ2n) is 5.16. The van der Waals surface area contributed by atoms with Crippen molar-refractivity contribution in [1.29, 1.82) is 0 Å². The number of hydrogen-bond donors (Lipinski definition) is 3. The topological polar surface area (TPSA) is 92.4 Å². The predicted octanol–water partition coefficient (Wildman–Crippen LogP) is 0.839. The van der Waals surface area contributed by atoms with Crippen molar-refractivity contribution in [3.05, 3.63) is 29.8 Å². The normalized spacial score (nSPS) is 15.3. The van der Waals surface area contributed by atoms with Gasteiger partial charge in [0.05, 0.1) is 16.2 Å². The van der Waals surface area contributed by atoms with E-state index in [4.69, 9.17) is 5.73 Å². The Kier molecular flexibility index (Phi) is 6.13. The molecular weight excluding hydrogens is 276 g/mol. The maximum atomic E-state index is 12.0. The smallest absolute Gasteiger partial charge is 0.180 e. The van der Waals surface area contributed by atoms with Crippen LogP contribution in [0.25, 0.3) is 0 Å². The maximum absolute atomic E-state index is 12.0. The Morgan fingerprint density at radius 3 is 2.25 bits per heavy atom. The largest absolute Gasteiger partial charge is 0.387 e. The SMILES string of the molecule is CNCCC(N)C(O)c1ccc(S(=O)(=O)C(C)C)cc1. The van der Waals surface area contributed by atoms with Crippen molar-refractivity contribution < 1.29 is 13.5 Å². The van der Waals surface area contributed by atoms with Crippen LogP contribution in [0, 0.1) is 0 Å². The van der Waals surface area contributed by atoms with E-state index in [2.05, 4.69) is 5.32 Å². The highest BCUT2D eigenvalue weighted by atomic mass is 32.2. The average molecular weight is 300 g/mol. The van der Waals surface area contributed by atoms with E-state index in [0.717, 1.165) is 6.54 Å². The van der Waals surface area contributed by atoms with Gasteiger partial charge in [0.1, 0.15) is 0 Å². The zero-order chi connectivity index (χ0) is 15.3. The van der Waals surface area contributed by atoms with Crippen LogP contribution in [-0.2, 0) is 9.84 Å². The van der Waals surface area contributed by atoms with Crippen LogP contribution in [0.1, 0.15) is 31.9 Å². The van der Waals surface area contributed by atoms with Crippen molar-refractivity contribution in [3.63, 3.8) is 0 Å². The van der Waals surface area contributed by atoms with Crippen LogP contribution >= 0.6 is 0 Å². The molecule has 1 aromatic rings. The highest BCUT2D eigenvalue weighted by molar-refractivity contribution is 7.92. The molecule has 0 fully saturated rings. The second-order valence-corrected chi connectivity index (χ2v) is 7.67. The molecule has 0 aliphatic heterocycles. The number of aliphatic hydroxyl groups excluding tert-OH is 1. The highest BCUT2D eigenvalue weighted by Crippen LogP contribution is 2.21. The van der Waals surface area contributed by atoms with E-state index in [-0.39, 0.29) is 10.9 Å². The summed E-state index contributed by atoms with van der Waals surface area (Å²) in [5.41, 5.74) is 6.53. The average Bonchev–Trinajstić information content (AvgIpc) is 2.43. The van der Waals surface area contributed by atoms with E-state index < -0.39 is 21.2 Å². The van der Waals surface area contributed by atoms with Crippen molar-refractivity contribution in [1.82, 2.24) is 5.32 Å². The van der Waals surface area contributed by atoms with Crippen molar-refractivity contribution in [3.8, 4) is 0 Å². The lowest BCUT2D eigenvalue weighted by molar-refractivity contribution is 0.142. The Morgan fingerprint density at radius 2 is 1.80 bits per heavy atom. The number of benzene rings is 1. The molecule has 0 aliphatic rings. The Bertz CT molecular complexity index is 512. The molecule has 5 nitrogen and oxygen atoms in total. The van der Waals surface area contributed by atoms with Gasteiger partial charge in [-0.3, -0.25) is 0 Å². The third kappa shape index (κ3) is 4.02. The molecule has 4 N–H and O–H groups in total. The molecule has 0 amide bonds. The molecule has 1 aromatic carbocycles. The number of nitrogens with one attached hydrogen (secondary N) is 1. The van der Waals surface area contributed by atoms with Gasteiger partial charge in [-0.05, 0) is 51.6 Å². The quantitative estimate of drug-likeness (QED) is 0.694. The van der Waals surface area contributed by atoms with Crippen molar-refractivity contribution >= 4 is 9.84 Å². The van der Waals surface area contributed by atoms with E-state index in [1.165, 1.54) is 12.1 Å². The summed E-state index contributed by atoms with van der Waals surface area (Å²) in [6.07, 6.45) is -0.150. The van der Waals surface area contributed by atoms with Gasteiger partial charge in [-0.15, -0.1) is 0 Å². The summed E-state index contributed by atoms with van der Waals surface area (Å²) in [6, 6.07) is 5.92. The minimum atomic E-state index is -3.28. The summed E-state index contributed by atoms with van der Waals surface area (Å²) in [7, 11) is -1.45. The van der Waals surface area contributed by atoms with Crippen LogP contribution in [0.4, 0.5) is 0 Å². The lowest BCUT2D eigenvalue weighted by Crippen LogP contribution is -2.31. The minimum Gasteiger partial charge on any atom is -0.387 e. The molecule has 0 aromatic heterocycles. The summed E-state index contributed by atoms with van der Waals surface area (Å²) in [6.45, 7) is 4.01. The molecule has 6 heteroatoms. The summed E-state index contributed by atoms with van der Waals surface area (Å²) in [5.74, 6) is 0. The highest BCUT2D eigenvalue weighted by Gasteiger charge is 2.21. The number of aliphatic hydroxyl groups is 1. The van der Waals surface area contributed by atoms with Crippen LogP contribution in [0.5, 0.6) is 0 Å². The first-order chi connectivity index (χ1) is 9.30. The molecule has 20 heavy (non-hydrogen) atoms. The van der Waals surface area contributed by atoms with Crippen LogP contribution in [0.15, 0.2) is 29.2 Å². The lowest BCUT2D eigenvalue weighted by atomic mass is 10.0. The monoisotopic (exact) mass is 300 g/mol. The van der Waals surface area contributed by atoms with Crippen molar-refractivity contribution in [2.45, 2.75) is 42.6 Å². The third-order valence-electron chi connectivity index (χ3n) is 3.30. The van der Waals surface area contributed by atoms with Crippen LogP contribution < -0.4 is 11.1 Å². The summed E-state index contributed by atoms with van der Waals surface area (Å²) in [4.78, 5) is 0.271. The van der Waals surface area contributed by atoms with Crippen molar-refractivity contribution in [2.75, 3.05) is 13.6 Å². The third-order valence-corrected chi connectivity index (χ3v) is 5.47. The lowest BCUT2D eigenvalue weighted by Gasteiger charge is -2.19. The first-order valence-electron chi connectivity index (χ1n) is 6.72. The Labute approximate surface area is 121 Å². The molecule has 114 valence electrons. The molecule has 0 aliphatic carbocycles. The van der Waals surface area contributed by atoms with E-state index in [1.54, 1.807) is 26.0 Å². The molecule has 1 rings (SSSR count). The first-order valence-corrected chi connectivity index (χ1v) is 8.27. The molecule has 0 saturated carbocycles. The first kappa shape index (κ1) is 17.1. The van der Waals surface area contributed by atoms with Gasteiger partial charge in [0, 0.05) is 6.04 Å². The van der Waals surface area contributed by atoms with Gasteiger partial charge in [-0.1, -0.05) is 12.1 Å². The number of rotatable bonds is 7. The van der Waals surface area contributed by atoms with Crippen LogP contribution in [-0.4, -0.2) is 38.4 Å². The zero-order valence-electron chi connectivity index (χ0n) is 12.2. The van der Waals surface area contributed by atoms with Crippen LogP contribution in [0.2, 0.25) is 0 Å². The molecule has 0 bridgehead atoms. The number of sulfone groups is 1. The predicted molar refractivity (Wildman–Crippen MR) is 80.2 cm³/mol. The van der Waals surface area contributed by atoms with Gasteiger partial charge in [-0.25, -0.2) is 8.42 Å². The summed E-state index contributed by atoms with van der Waals surface area (Å²) < 4.78 is 24.0. The summed E-state index contributed by atoms with van der Waals surface area (Å²) in [5, 5.41) is 12.6. The zero-order valence-corrected chi connectivity index (χ0v) is 13.0. The van der Waals surface area contributed by atoms with Gasteiger partial charge in [-0.2, -0.15) is 0 Å². The molecule has 0 spiro atoms. The fourth-order valence-corrected chi connectivity index (χ4v) is 2.90. The fourth-order valence-electron chi connectivity index (χ4n) is 1.84. The molecule has 0 saturated heterocycles. The van der Waals surface area contributed by atoms with E-state index >= 15 is 0 Å². The molecule has 0 radical (unpaired) electrons. The number of hydrogen-bond acceptors (Lipinski definition) is 5. The van der Waals surface area contributed by atoms with Crippen molar-refractivity contribution in [2.24, 2.45) is 5.73 Å². The maximum Gasteiger partial charge on any atom is 0.180 e.